The average molecular weight is 126 g/mol. The normalized spacial score (nSPS) is 31.7. The van der Waals surface area contributed by atoms with Gasteiger partial charge in [-0.05, 0) is 12.3 Å². The summed E-state index contributed by atoms with van der Waals surface area (Å²) in [5.74, 6) is 1.07. The summed E-state index contributed by atoms with van der Waals surface area (Å²) in [6.07, 6.45) is 4.39. The average Bonchev–Trinajstić information content (AvgIpc) is 2.46. The molecule has 0 aromatic rings. The fourth-order valence-electron chi connectivity index (χ4n) is 1.59. The van der Waals surface area contributed by atoms with E-state index in [1.807, 2.05) is 0 Å². The van der Waals surface area contributed by atoms with Crippen LogP contribution >= 0.6 is 0 Å². The third-order valence-corrected chi connectivity index (χ3v) is 2.38. The number of rotatable bonds is 2. The van der Waals surface area contributed by atoms with Crippen molar-refractivity contribution in [2.45, 2.75) is 26.2 Å². The Morgan fingerprint density at radius 2 is 2.11 bits per heavy atom. The largest absolute Gasteiger partial charge is 0.380 e. The van der Waals surface area contributed by atoms with Crippen molar-refractivity contribution >= 4 is 0 Å². The second kappa shape index (κ2) is 1.72. The summed E-state index contributed by atoms with van der Waals surface area (Å²) >= 11 is 0. The van der Waals surface area contributed by atoms with Crippen molar-refractivity contribution in [3.63, 3.8) is 0 Å². The van der Waals surface area contributed by atoms with Crippen LogP contribution in [0.1, 0.15) is 26.2 Å². The van der Waals surface area contributed by atoms with Gasteiger partial charge >= 0.3 is 0 Å². The van der Waals surface area contributed by atoms with Crippen LogP contribution < -0.4 is 0 Å². The number of hydrogen-bond donors (Lipinski definition) is 0. The van der Waals surface area contributed by atoms with Crippen LogP contribution in [-0.4, -0.2) is 13.2 Å². The number of hydrogen-bond acceptors (Lipinski definition) is 1. The van der Waals surface area contributed by atoms with E-state index < -0.39 is 0 Å². The fourth-order valence-corrected chi connectivity index (χ4v) is 1.59. The van der Waals surface area contributed by atoms with E-state index in [-0.39, 0.29) is 0 Å². The van der Waals surface area contributed by atoms with Gasteiger partial charge in [0.2, 0.25) is 0 Å². The minimum Gasteiger partial charge on any atom is -0.380 e. The Labute approximate surface area is 56.4 Å². The number of ether oxygens (including phenoxy) is 1. The predicted molar refractivity (Wildman–Crippen MR) is 36.3 cm³/mol. The van der Waals surface area contributed by atoms with Gasteiger partial charge in [-0.1, -0.05) is 19.8 Å². The van der Waals surface area contributed by atoms with Gasteiger partial charge in [0, 0.05) is 5.41 Å². The maximum absolute atomic E-state index is 5.17. The molecule has 1 heteroatoms. The first-order valence-corrected chi connectivity index (χ1v) is 3.86. The minimum absolute atomic E-state index is 0.584. The van der Waals surface area contributed by atoms with E-state index in [1.165, 1.54) is 19.3 Å². The van der Waals surface area contributed by atoms with E-state index in [2.05, 4.69) is 6.92 Å². The minimum atomic E-state index is 0.584. The molecule has 1 heterocycles. The summed E-state index contributed by atoms with van der Waals surface area (Å²) in [6, 6.07) is 0. The molecule has 0 bridgehead atoms. The molecule has 52 valence electrons. The van der Waals surface area contributed by atoms with Crippen molar-refractivity contribution in [1.82, 2.24) is 0 Å². The molecule has 9 heavy (non-hydrogen) atoms. The lowest BCUT2D eigenvalue weighted by Crippen LogP contribution is -2.39. The highest BCUT2D eigenvalue weighted by atomic mass is 16.5. The van der Waals surface area contributed by atoms with Crippen LogP contribution in [-0.2, 0) is 4.74 Å². The van der Waals surface area contributed by atoms with Gasteiger partial charge in [0.1, 0.15) is 0 Å². The Bertz CT molecular complexity index is 112. The van der Waals surface area contributed by atoms with Crippen LogP contribution in [0.15, 0.2) is 0 Å². The van der Waals surface area contributed by atoms with E-state index in [0.29, 0.717) is 5.41 Å². The summed E-state index contributed by atoms with van der Waals surface area (Å²) in [5, 5.41) is 0. The maximum atomic E-state index is 5.17. The molecule has 0 aromatic carbocycles. The van der Waals surface area contributed by atoms with Crippen LogP contribution in [0.3, 0.4) is 0 Å². The Kier molecular flexibility index (Phi) is 1.10. The summed E-state index contributed by atoms with van der Waals surface area (Å²) in [5.41, 5.74) is 0.584. The Balaban J connectivity index is 1.81. The predicted octanol–water partition coefficient (Wildman–Crippen LogP) is 1.82. The first-order chi connectivity index (χ1) is 4.29. The van der Waals surface area contributed by atoms with Crippen molar-refractivity contribution < 1.29 is 4.74 Å². The summed E-state index contributed by atoms with van der Waals surface area (Å²) < 4.78 is 5.17. The summed E-state index contributed by atoms with van der Waals surface area (Å²) in [6.45, 7) is 4.38. The van der Waals surface area contributed by atoms with Crippen LogP contribution in [0.2, 0.25) is 0 Å². The van der Waals surface area contributed by atoms with Gasteiger partial charge in [0.05, 0.1) is 13.2 Å². The molecule has 2 aliphatic rings. The molecule has 0 amide bonds. The first-order valence-electron chi connectivity index (χ1n) is 3.86. The second-order valence-electron chi connectivity index (χ2n) is 3.95. The molecule has 2 fully saturated rings. The molecule has 0 aromatic heterocycles. The molecular weight excluding hydrogens is 112 g/mol. The van der Waals surface area contributed by atoms with E-state index in [4.69, 9.17) is 4.74 Å². The van der Waals surface area contributed by atoms with Crippen LogP contribution in [0, 0.1) is 11.3 Å². The topological polar surface area (TPSA) is 9.23 Å². The highest BCUT2D eigenvalue weighted by Crippen LogP contribution is 2.43. The van der Waals surface area contributed by atoms with Crippen molar-refractivity contribution in [1.29, 1.82) is 0 Å². The molecule has 1 saturated heterocycles. The smallest absolute Gasteiger partial charge is 0.0542 e. The van der Waals surface area contributed by atoms with Gasteiger partial charge in [-0.2, -0.15) is 0 Å². The molecule has 0 unspecified atom stereocenters. The van der Waals surface area contributed by atoms with E-state index >= 15 is 0 Å². The highest BCUT2D eigenvalue weighted by molar-refractivity contribution is 4.87. The zero-order chi connectivity index (χ0) is 6.32. The standard InChI is InChI=1S/C8H14O/c1-8(5-9-6-8)4-7-2-3-7/h7H,2-6H2,1H3. The molecule has 1 aliphatic heterocycles. The third-order valence-electron chi connectivity index (χ3n) is 2.38. The lowest BCUT2D eigenvalue weighted by atomic mass is 9.83. The monoisotopic (exact) mass is 126 g/mol. The van der Waals surface area contributed by atoms with Crippen molar-refractivity contribution in [3.8, 4) is 0 Å². The van der Waals surface area contributed by atoms with E-state index in [1.54, 1.807) is 0 Å². The third kappa shape index (κ3) is 1.11. The molecule has 0 spiro atoms. The summed E-state index contributed by atoms with van der Waals surface area (Å²) in [4.78, 5) is 0. The Morgan fingerprint density at radius 3 is 2.44 bits per heavy atom. The van der Waals surface area contributed by atoms with Crippen LogP contribution in [0.5, 0.6) is 0 Å². The molecule has 1 aliphatic carbocycles. The second-order valence-corrected chi connectivity index (χ2v) is 3.95. The van der Waals surface area contributed by atoms with Gasteiger partial charge in [-0.15, -0.1) is 0 Å². The van der Waals surface area contributed by atoms with E-state index in [0.717, 1.165) is 19.1 Å². The lowest BCUT2D eigenvalue weighted by molar-refractivity contribution is -0.108. The SMILES string of the molecule is CC1(CC2CC2)COC1. The Hall–Kier alpha value is -0.0400. The highest BCUT2D eigenvalue weighted by Gasteiger charge is 2.38. The van der Waals surface area contributed by atoms with Gasteiger partial charge < -0.3 is 4.74 Å². The fraction of sp³-hybridized carbons (Fsp3) is 1.00. The molecule has 0 N–H and O–H groups in total. The molecule has 2 rings (SSSR count). The first kappa shape index (κ1) is 5.72. The van der Waals surface area contributed by atoms with Crippen molar-refractivity contribution in [2.24, 2.45) is 11.3 Å². The molecule has 0 atom stereocenters. The quantitative estimate of drug-likeness (QED) is 0.548. The zero-order valence-corrected chi connectivity index (χ0v) is 6.02. The van der Waals surface area contributed by atoms with Crippen LogP contribution in [0.4, 0.5) is 0 Å². The van der Waals surface area contributed by atoms with Gasteiger partial charge in [-0.3, -0.25) is 0 Å². The van der Waals surface area contributed by atoms with Crippen molar-refractivity contribution in [2.75, 3.05) is 13.2 Å². The molecule has 0 radical (unpaired) electrons. The van der Waals surface area contributed by atoms with Gasteiger partial charge in [0.25, 0.3) is 0 Å². The van der Waals surface area contributed by atoms with Gasteiger partial charge in [0.15, 0.2) is 0 Å². The zero-order valence-electron chi connectivity index (χ0n) is 6.02. The summed E-state index contributed by atoms with van der Waals surface area (Å²) in [7, 11) is 0. The molecule has 1 saturated carbocycles. The Morgan fingerprint density at radius 1 is 1.44 bits per heavy atom. The van der Waals surface area contributed by atoms with E-state index in [9.17, 15) is 0 Å². The lowest BCUT2D eigenvalue weighted by Gasteiger charge is -2.38. The van der Waals surface area contributed by atoms with Crippen LogP contribution in [0.25, 0.3) is 0 Å². The maximum Gasteiger partial charge on any atom is 0.0542 e. The molecule has 1 nitrogen and oxygen atoms in total. The van der Waals surface area contributed by atoms with Crippen molar-refractivity contribution in [3.05, 3.63) is 0 Å². The van der Waals surface area contributed by atoms with Gasteiger partial charge in [-0.25, -0.2) is 0 Å². The molecular formula is C8H14O.